The highest BCUT2D eigenvalue weighted by atomic mass is 35.5. The Morgan fingerprint density at radius 1 is 0.711 bits per heavy atom. The summed E-state index contributed by atoms with van der Waals surface area (Å²) in [6, 6.07) is 24.1. The maximum atomic E-state index is 12.6. The van der Waals surface area contributed by atoms with E-state index in [1.807, 2.05) is 36.4 Å². The number of carboxylic acid groups (broad SMARTS) is 2. The quantitative estimate of drug-likeness (QED) is 0.138. The predicted molar refractivity (Wildman–Crippen MR) is 175 cm³/mol. The molecule has 4 aromatic carbocycles. The Morgan fingerprint density at radius 3 is 1.62 bits per heavy atom. The Bertz CT molecular complexity index is 1630. The van der Waals surface area contributed by atoms with Crippen LogP contribution in [-0.2, 0) is 14.3 Å². The molecule has 2 unspecified atom stereocenters. The van der Waals surface area contributed by atoms with Gasteiger partial charge in [0.25, 0.3) is 0 Å². The van der Waals surface area contributed by atoms with Gasteiger partial charge in [-0.3, -0.25) is 9.59 Å². The lowest BCUT2D eigenvalue weighted by Crippen LogP contribution is -2.31. The zero-order valence-corrected chi connectivity index (χ0v) is 26.6. The summed E-state index contributed by atoms with van der Waals surface area (Å²) in [5.74, 6) is -2.11. The van der Waals surface area contributed by atoms with E-state index in [0.717, 1.165) is 22.3 Å². The van der Waals surface area contributed by atoms with E-state index in [-0.39, 0.29) is 25.4 Å². The minimum Gasteiger partial charge on any atom is -0.481 e. The summed E-state index contributed by atoms with van der Waals surface area (Å²) in [6.07, 6.45) is -1.18. The Morgan fingerprint density at radius 2 is 1.16 bits per heavy atom. The number of amides is 1. The number of carboxylic acids is 2. The molecule has 0 saturated carbocycles. The Labute approximate surface area is 279 Å². The summed E-state index contributed by atoms with van der Waals surface area (Å²) >= 11 is 23.6. The van der Waals surface area contributed by atoms with Crippen molar-refractivity contribution in [1.82, 2.24) is 5.32 Å². The Balaban J connectivity index is 0.000000276. The average molecular weight is 690 g/mol. The van der Waals surface area contributed by atoms with Gasteiger partial charge in [-0.25, -0.2) is 4.79 Å². The third-order valence-electron chi connectivity index (χ3n) is 7.01. The number of fused-ring (bicyclic) bond motifs is 3. The van der Waals surface area contributed by atoms with Gasteiger partial charge in [-0.05, 0) is 69.8 Å². The number of hydrogen-bond acceptors (Lipinski definition) is 5. The monoisotopic (exact) mass is 688 g/mol. The number of rotatable bonds is 9. The van der Waals surface area contributed by atoms with Gasteiger partial charge in [0.15, 0.2) is 0 Å². The van der Waals surface area contributed by atoms with Gasteiger partial charge in [-0.2, -0.15) is 0 Å². The molecule has 0 radical (unpaired) electrons. The molecule has 0 heterocycles. The van der Waals surface area contributed by atoms with Crippen LogP contribution in [0.4, 0.5) is 4.79 Å². The average Bonchev–Trinajstić information content (AvgIpc) is 3.28. The SMILES string of the molecule is NC(CC(=O)O)c1cc(Cl)cc(Cl)c1.O=C(O)CC(NC(=O)OCC1c2ccccc2-c2ccccc21)c1cc(Cl)cc(Cl)c1. The summed E-state index contributed by atoms with van der Waals surface area (Å²) in [6.45, 7) is 0.135. The number of alkyl carbamates (subject to hydrolysis) is 1. The molecule has 45 heavy (non-hydrogen) atoms. The van der Waals surface area contributed by atoms with Crippen molar-refractivity contribution >= 4 is 64.4 Å². The van der Waals surface area contributed by atoms with Crippen LogP contribution in [0, 0.1) is 0 Å². The van der Waals surface area contributed by atoms with Crippen LogP contribution in [0.1, 0.15) is 53.1 Å². The maximum Gasteiger partial charge on any atom is 0.407 e. The molecule has 4 aromatic rings. The first-order valence-corrected chi connectivity index (χ1v) is 15.1. The van der Waals surface area contributed by atoms with Crippen molar-refractivity contribution in [1.29, 1.82) is 0 Å². The molecule has 5 rings (SSSR count). The third kappa shape index (κ3) is 9.36. The molecule has 8 nitrogen and oxygen atoms in total. The fourth-order valence-corrected chi connectivity index (χ4v) is 6.17. The molecule has 5 N–H and O–H groups in total. The molecule has 0 fully saturated rings. The molecule has 0 bridgehead atoms. The van der Waals surface area contributed by atoms with Gasteiger partial charge in [0.05, 0.1) is 18.9 Å². The van der Waals surface area contributed by atoms with Gasteiger partial charge in [0.1, 0.15) is 6.61 Å². The molecule has 1 aliphatic rings. The van der Waals surface area contributed by atoms with Crippen LogP contribution in [0.2, 0.25) is 20.1 Å². The number of nitrogens with two attached hydrogens (primary N) is 1. The second-order valence-corrected chi connectivity index (χ2v) is 12.0. The standard InChI is InChI=1S/C24H19Cl2NO4.C9H9Cl2NO2/c25-15-9-14(10-16(26)11-15)22(12-23(28)29)27-24(30)31-13-21-19-7-3-1-5-17(19)18-6-2-4-8-20(18)21;10-6-1-5(2-7(11)3-6)8(12)4-9(13)14/h1-11,21-22H,12-13H2,(H,27,30)(H,28,29);1-3,8H,4,12H2,(H,13,14). The van der Waals surface area contributed by atoms with E-state index in [2.05, 4.69) is 17.4 Å². The summed E-state index contributed by atoms with van der Waals surface area (Å²) < 4.78 is 5.52. The molecular formula is C33H28Cl4N2O6. The predicted octanol–water partition coefficient (Wildman–Crippen LogP) is 8.52. The van der Waals surface area contributed by atoms with Crippen molar-refractivity contribution in [2.24, 2.45) is 5.73 Å². The fourth-order valence-electron chi connectivity index (χ4n) is 5.08. The van der Waals surface area contributed by atoms with Gasteiger partial charge < -0.3 is 26.0 Å². The van der Waals surface area contributed by atoms with Crippen LogP contribution >= 0.6 is 46.4 Å². The number of ether oxygens (including phenoxy) is 1. The highest BCUT2D eigenvalue weighted by Gasteiger charge is 2.29. The number of aliphatic carboxylic acids is 2. The van der Waals surface area contributed by atoms with Crippen LogP contribution in [-0.4, -0.2) is 34.9 Å². The second kappa shape index (κ2) is 15.5. The number of hydrogen-bond donors (Lipinski definition) is 4. The van der Waals surface area contributed by atoms with Crippen LogP contribution in [0.25, 0.3) is 11.1 Å². The molecule has 1 aliphatic carbocycles. The molecule has 0 aliphatic heterocycles. The Kier molecular flexibility index (Phi) is 11.7. The summed E-state index contributed by atoms with van der Waals surface area (Å²) in [4.78, 5) is 34.3. The second-order valence-electron chi connectivity index (χ2n) is 10.2. The molecular weight excluding hydrogens is 662 g/mol. The summed E-state index contributed by atoms with van der Waals surface area (Å²) in [5.41, 5.74) is 11.2. The van der Waals surface area contributed by atoms with Crippen molar-refractivity contribution in [2.45, 2.75) is 30.8 Å². The normalized spacial score (nSPS) is 13.0. The number of halogens is 4. The van der Waals surface area contributed by atoms with Crippen molar-refractivity contribution in [2.75, 3.05) is 6.61 Å². The smallest absolute Gasteiger partial charge is 0.407 e. The van der Waals surface area contributed by atoms with E-state index in [0.29, 0.717) is 31.2 Å². The highest BCUT2D eigenvalue weighted by molar-refractivity contribution is 6.35. The molecule has 1 amide bonds. The highest BCUT2D eigenvalue weighted by Crippen LogP contribution is 2.44. The van der Waals surface area contributed by atoms with E-state index < -0.39 is 30.1 Å². The van der Waals surface area contributed by atoms with Crippen LogP contribution in [0.3, 0.4) is 0 Å². The lowest BCUT2D eigenvalue weighted by atomic mass is 9.98. The largest absolute Gasteiger partial charge is 0.481 e. The number of benzene rings is 4. The van der Waals surface area contributed by atoms with Gasteiger partial charge in [0, 0.05) is 32.1 Å². The number of carbonyl (C=O) groups is 3. The number of carbonyl (C=O) groups excluding carboxylic acids is 1. The van der Waals surface area contributed by atoms with Crippen molar-refractivity contribution in [3.8, 4) is 11.1 Å². The maximum absolute atomic E-state index is 12.6. The minimum atomic E-state index is -1.07. The molecule has 0 saturated heterocycles. The lowest BCUT2D eigenvalue weighted by molar-refractivity contribution is -0.138. The fraction of sp³-hybridized carbons (Fsp3) is 0.182. The molecule has 234 valence electrons. The third-order valence-corrected chi connectivity index (χ3v) is 7.88. The molecule has 0 spiro atoms. The Hall–Kier alpha value is -3.79. The van der Waals surface area contributed by atoms with Gasteiger partial charge in [-0.15, -0.1) is 0 Å². The lowest BCUT2D eigenvalue weighted by Gasteiger charge is -2.19. The van der Waals surface area contributed by atoms with Crippen molar-refractivity contribution in [3.63, 3.8) is 0 Å². The summed E-state index contributed by atoms with van der Waals surface area (Å²) in [5, 5.41) is 22.0. The van der Waals surface area contributed by atoms with E-state index >= 15 is 0 Å². The minimum absolute atomic E-state index is 0.0864. The first-order chi connectivity index (χ1) is 21.4. The van der Waals surface area contributed by atoms with E-state index in [4.69, 9.17) is 62.0 Å². The zero-order chi connectivity index (χ0) is 32.7. The van der Waals surface area contributed by atoms with Crippen LogP contribution in [0.15, 0.2) is 84.9 Å². The molecule has 12 heteroatoms. The van der Waals surface area contributed by atoms with E-state index in [9.17, 15) is 19.5 Å². The van der Waals surface area contributed by atoms with Gasteiger partial charge >= 0.3 is 18.0 Å². The summed E-state index contributed by atoms with van der Waals surface area (Å²) in [7, 11) is 0. The topological polar surface area (TPSA) is 139 Å². The molecule has 2 atom stereocenters. The van der Waals surface area contributed by atoms with Crippen molar-refractivity contribution < 1.29 is 29.3 Å². The van der Waals surface area contributed by atoms with Crippen LogP contribution in [0.5, 0.6) is 0 Å². The zero-order valence-electron chi connectivity index (χ0n) is 23.6. The van der Waals surface area contributed by atoms with E-state index in [1.165, 1.54) is 6.07 Å². The van der Waals surface area contributed by atoms with Crippen molar-refractivity contribution in [3.05, 3.63) is 127 Å². The van der Waals surface area contributed by atoms with Crippen LogP contribution < -0.4 is 11.1 Å². The van der Waals surface area contributed by atoms with E-state index in [1.54, 1.807) is 30.3 Å². The first kappa shape index (κ1) is 34.1. The first-order valence-electron chi connectivity index (χ1n) is 13.6. The molecule has 0 aromatic heterocycles. The van der Waals surface area contributed by atoms with Gasteiger partial charge in [0.2, 0.25) is 0 Å². The number of nitrogens with one attached hydrogen (secondary N) is 1. The van der Waals surface area contributed by atoms with Gasteiger partial charge in [-0.1, -0.05) is 94.9 Å².